The first-order chi connectivity index (χ1) is 16.3. The van der Waals surface area contributed by atoms with Crippen LogP contribution in [0, 0.1) is 0 Å². The van der Waals surface area contributed by atoms with Crippen molar-refractivity contribution in [3.05, 3.63) is 65.7 Å². The highest BCUT2D eigenvalue weighted by molar-refractivity contribution is 7.89. The summed E-state index contributed by atoms with van der Waals surface area (Å²) in [5.74, 6) is -0.0979. The van der Waals surface area contributed by atoms with Crippen LogP contribution in [0.1, 0.15) is 36.8 Å². The monoisotopic (exact) mass is 483 g/mol. The quantitative estimate of drug-likeness (QED) is 0.524. The highest BCUT2D eigenvalue weighted by atomic mass is 32.2. The number of amides is 1. The molecule has 1 heterocycles. The number of carbonyl (C=O) groups excluding carboxylic acids is 1. The van der Waals surface area contributed by atoms with Gasteiger partial charge in [-0.25, -0.2) is 13.1 Å². The lowest BCUT2D eigenvalue weighted by Crippen LogP contribution is -2.35. The Kier molecular flexibility index (Phi) is 7.70. The van der Waals surface area contributed by atoms with Crippen LogP contribution in [-0.4, -0.2) is 58.6 Å². The highest BCUT2D eigenvalue weighted by Gasteiger charge is 2.27. The van der Waals surface area contributed by atoms with Gasteiger partial charge in [-0.3, -0.25) is 4.79 Å². The molecule has 2 aromatic carbocycles. The number of rotatable bonds is 10. The number of sulfonamides is 1. The number of hydrogen-bond donors (Lipinski definition) is 1. The molecule has 1 aliphatic carbocycles. The van der Waals surface area contributed by atoms with Crippen LogP contribution >= 0.6 is 0 Å². The first-order valence-corrected chi connectivity index (χ1v) is 13.3. The lowest BCUT2D eigenvalue weighted by Gasteiger charge is -2.25. The first-order valence-electron chi connectivity index (χ1n) is 11.8. The van der Waals surface area contributed by atoms with E-state index in [2.05, 4.69) is 4.72 Å². The molecule has 2 aliphatic rings. The third-order valence-corrected chi connectivity index (χ3v) is 7.63. The lowest BCUT2D eigenvalue weighted by atomic mass is 10.1. The van der Waals surface area contributed by atoms with Gasteiger partial charge < -0.3 is 14.5 Å². The molecule has 1 N–H and O–H groups in total. The Balaban J connectivity index is 1.43. The summed E-state index contributed by atoms with van der Waals surface area (Å²) < 4.78 is 33.1. The van der Waals surface area contributed by atoms with Crippen LogP contribution in [-0.2, 0) is 26.1 Å². The molecule has 8 heteroatoms. The van der Waals surface area contributed by atoms with E-state index in [9.17, 15) is 13.2 Å². The molecule has 1 atom stereocenters. The molecule has 0 radical (unpaired) electrons. The Bertz CT molecular complexity index is 1100. The lowest BCUT2D eigenvalue weighted by molar-refractivity contribution is -0.128. The molecule has 0 bridgehead atoms. The van der Waals surface area contributed by atoms with E-state index < -0.39 is 10.0 Å². The Morgan fingerprint density at radius 2 is 1.76 bits per heavy atom. The van der Waals surface area contributed by atoms with E-state index in [4.69, 9.17) is 4.74 Å². The average molecular weight is 484 g/mol. The molecular formula is C26H33N3O4S. The number of ether oxygens (including phenoxy) is 1. The van der Waals surface area contributed by atoms with Crippen molar-refractivity contribution in [2.75, 3.05) is 32.1 Å². The number of benzene rings is 2. The van der Waals surface area contributed by atoms with Gasteiger partial charge in [0.25, 0.3) is 0 Å². The molecule has 4 rings (SSSR count). The summed E-state index contributed by atoms with van der Waals surface area (Å²) in [6, 6.07) is 14.8. The van der Waals surface area contributed by atoms with E-state index in [-0.39, 0.29) is 22.9 Å². The predicted molar refractivity (Wildman–Crippen MR) is 134 cm³/mol. The summed E-state index contributed by atoms with van der Waals surface area (Å²) in [6.45, 7) is 1.79. The minimum Gasteiger partial charge on any atom is -0.378 e. The fraction of sp³-hybridized carbons (Fsp3) is 0.423. The standard InChI is InChI=1S/C26H33N3O4S/c1-28(2)23-12-5-21(6-13-23)18-29(19-24-4-3-17-33-24)26(30)16-9-20-7-14-25(15-8-20)34(31,32)27-22-10-11-22/h5-9,12-16,22,24,27H,3-4,10-11,17-19H2,1-2H3/b16-9+. The maximum Gasteiger partial charge on any atom is 0.246 e. The molecule has 1 saturated carbocycles. The van der Waals surface area contributed by atoms with E-state index in [1.807, 2.05) is 48.2 Å². The molecule has 2 aromatic rings. The molecule has 2 fully saturated rings. The van der Waals surface area contributed by atoms with E-state index >= 15 is 0 Å². The second-order valence-corrected chi connectivity index (χ2v) is 10.9. The van der Waals surface area contributed by atoms with Crippen molar-refractivity contribution in [1.82, 2.24) is 9.62 Å². The summed E-state index contributed by atoms with van der Waals surface area (Å²) in [6.07, 6.45) is 7.10. The first kappa shape index (κ1) is 24.4. The fourth-order valence-corrected chi connectivity index (χ4v) is 5.21. The minimum atomic E-state index is -3.48. The molecule has 0 aromatic heterocycles. The van der Waals surface area contributed by atoms with Crippen molar-refractivity contribution in [3.8, 4) is 0 Å². The van der Waals surface area contributed by atoms with Crippen molar-refractivity contribution < 1.29 is 17.9 Å². The molecule has 1 unspecified atom stereocenters. The third-order valence-electron chi connectivity index (χ3n) is 6.09. The van der Waals surface area contributed by atoms with Crippen molar-refractivity contribution in [2.24, 2.45) is 0 Å². The zero-order valence-corrected chi connectivity index (χ0v) is 20.6. The van der Waals surface area contributed by atoms with Crippen molar-refractivity contribution in [1.29, 1.82) is 0 Å². The van der Waals surface area contributed by atoms with Crippen LogP contribution in [0.3, 0.4) is 0 Å². The van der Waals surface area contributed by atoms with E-state index in [1.54, 1.807) is 36.4 Å². The molecule has 1 saturated heterocycles. The van der Waals surface area contributed by atoms with E-state index in [1.165, 1.54) is 0 Å². The van der Waals surface area contributed by atoms with Gasteiger partial charge in [-0.2, -0.15) is 0 Å². The second-order valence-electron chi connectivity index (χ2n) is 9.21. The van der Waals surface area contributed by atoms with Gasteiger partial charge >= 0.3 is 0 Å². The normalized spacial score (nSPS) is 18.4. The van der Waals surface area contributed by atoms with Crippen LogP contribution in [0.4, 0.5) is 5.69 Å². The molecule has 1 aliphatic heterocycles. The Hall–Kier alpha value is -2.68. The predicted octanol–water partition coefficient (Wildman–Crippen LogP) is 3.41. The summed E-state index contributed by atoms with van der Waals surface area (Å²) in [4.78, 5) is 17.2. The number of nitrogens with zero attached hydrogens (tertiary/aromatic N) is 2. The molecule has 1 amide bonds. The van der Waals surface area contributed by atoms with E-state index in [0.717, 1.165) is 49.1 Å². The maximum atomic E-state index is 13.1. The smallest absolute Gasteiger partial charge is 0.246 e. The van der Waals surface area contributed by atoms with Crippen molar-refractivity contribution >= 4 is 27.7 Å². The Morgan fingerprint density at radius 3 is 2.35 bits per heavy atom. The van der Waals surface area contributed by atoms with Gasteiger partial charge in [0.15, 0.2) is 0 Å². The van der Waals surface area contributed by atoms with Crippen molar-refractivity contribution in [3.63, 3.8) is 0 Å². The van der Waals surface area contributed by atoms with Crippen LogP contribution < -0.4 is 9.62 Å². The second kappa shape index (κ2) is 10.7. The van der Waals surface area contributed by atoms with Crippen LogP contribution in [0.2, 0.25) is 0 Å². The number of anilines is 1. The number of carbonyl (C=O) groups is 1. The number of nitrogens with one attached hydrogen (secondary N) is 1. The third kappa shape index (κ3) is 6.68. The number of hydrogen-bond acceptors (Lipinski definition) is 5. The molecule has 182 valence electrons. The summed E-state index contributed by atoms with van der Waals surface area (Å²) >= 11 is 0. The van der Waals surface area contributed by atoms with Gasteiger partial charge in [-0.15, -0.1) is 0 Å². The Morgan fingerprint density at radius 1 is 1.06 bits per heavy atom. The van der Waals surface area contributed by atoms with Crippen molar-refractivity contribution in [2.45, 2.75) is 49.3 Å². The van der Waals surface area contributed by atoms with Gasteiger partial charge in [0.1, 0.15) is 0 Å². The van der Waals surface area contributed by atoms with Gasteiger partial charge in [0.2, 0.25) is 15.9 Å². The van der Waals surface area contributed by atoms with E-state index in [0.29, 0.717) is 13.1 Å². The average Bonchev–Trinajstić information content (AvgIpc) is 3.47. The largest absolute Gasteiger partial charge is 0.378 e. The van der Waals surface area contributed by atoms with Gasteiger partial charge in [0, 0.05) is 51.6 Å². The van der Waals surface area contributed by atoms with Gasteiger partial charge in [-0.05, 0) is 67.2 Å². The molecule has 0 spiro atoms. The minimum absolute atomic E-state index is 0.0573. The topological polar surface area (TPSA) is 79.0 Å². The van der Waals surface area contributed by atoms with Gasteiger partial charge in [0.05, 0.1) is 11.0 Å². The van der Waals surface area contributed by atoms with Crippen LogP contribution in [0.25, 0.3) is 6.08 Å². The summed E-state index contributed by atoms with van der Waals surface area (Å²) in [5.41, 5.74) is 2.94. The maximum absolute atomic E-state index is 13.1. The highest BCUT2D eigenvalue weighted by Crippen LogP contribution is 2.22. The summed E-state index contributed by atoms with van der Waals surface area (Å²) in [5, 5.41) is 0. The fourth-order valence-electron chi connectivity index (χ4n) is 3.91. The zero-order valence-electron chi connectivity index (χ0n) is 19.8. The SMILES string of the molecule is CN(C)c1ccc(CN(CC2CCCO2)C(=O)/C=C/c2ccc(S(=O)(=O)NC3CC3)cc2)cc1. The molecular weight excluding hydrogens is 450 g/mol. The molecule has 34 heavy (non-hydrogen) atoms. The molecule has 7 nitrogen and oxygen atoms in total. The van der Waals surface area contributed by atoms with Gasteiger partial charge in [-0.1, -0.05) is 24.3 Å². The van der Waals surface area contributed by atoms with Crippen LogP contribution in [0.15, 0.2) is 59.5 Å². The Labute approximate surface area is 202 Å². The zero-order chi connectivity index (χ0) is 24.1. The van der Waals surface area contributed by atoms with Crippen LogP contribution in [0.5, 0.6) is 0 Å². The summed E-state index contributed by atoms with van der Waals surface area (Å²) in [7, 11) is 0.516.